The lowest BCUT2D eigenvalue weighted by molar-refractivity contribution is -0.120. The Hall–Kier alpha value is -3.24. The van der Waals surface area contributed by atoms with Gasteiger partial charge in [-0.2, -0.15) is 0 Å². The van der Waals surface area contributed by atoms with Crippen LogP contribution >= 0.6 is 35.0 Å². The molecule has 0 aliphatic carbocycles. The van der Waals surface area contributed by atoms with Crippen molar-refractivity contribution in [3.8, 4) is 11.8 Å². The van der Waals surface area contributed by atoms with E-state index in [-0.39, 0.29) is 5.91 Å². The van der Waals surface area contributed by atoms with Crippen LogP contribution < -0.4 is 10.2 Å². The Morgan fingerprint density at radius 2 is 1.81 bits per heavy atom. The molecule has 8 heteroatoms. The van der Waals surface area contributed by atoms with Crippen molar-refractivity contribution < 1.29 is 4.79 Å². The van der Waals surface area contributed by atoms with Gasteiger partial charge in [0, 0.05) is 51.5 Å². The number of alkyl halides is 2. The van der Waals surface area contributed by atoms with Crippen molar-refractivity contribution in [1.82, 2.24) is 9.97 Å². The number of carbonyl (C=O) groups is 1. The van der Waals surface area contributed by atoms with Crippen LogP contribution in [0.25, 0.3) is 10.8 Å². The number of anilines is 3. The van der Waals surface area contributed by atoms with Gasteiger partial charge in [-0.05, 0) is 85.7 Å². The Bertz CT molecular complexity index is 1480. The molecular formula is C28H22Cl2N4OS. The minimum absolute atomic E-state index is 0.283. The summed E-state index contributed by atoms with van der Waals surface area (Å²) in [5.41, 5.74) is 3.20. The first-order chi connectivity index (χ1) is 17.4. The van der Waals surface area contributed by atoms with E-state index in [0.29, 0.717) is 18.7 Å². The molecule has 2 aromatic carbocycles. The van der Waals surface area contributed by atoms with E-state index in [2.05, 4.69) is 45.5 Å². The zero-order chi connectivity index (χ0) is 25.1. The normalized spacial score (nSPS) is 14.9. The molecule has 1 fully saturated rings. The number of thioether (sulfide) groups is 1. The lowest BCUT2D eigenvalue weighted by atomic mass is 10.1. The standard InChI is InChI=1S/C28H22Cl2N4OS/c1-36-23-10-6-21(7-11-23)33-26-17-24-20(18-32-26)13-15-31-25(24)12-5-19-3-8-22(9-4-19)34-16-2-14-28(29,30)27(34)35/h3-4,6-11,13,15,17-18H,2,14,16H2,1H3,(H,32,33). The first-order valence-electron chi connectivity index (χ1n) is 11.4. The van der Waals surface area contributed by atoms with Crippen molar-refractivity contribution in [2.75, 3.05) is 23.0 Å². The minimum atomic E-state index is -1.36. The summed E-state index contributed by atoms with van der Waals surface area (Å²) in [4.78, 5) is 24.4. The molecule has 1 aliphatic heterocycles. The van der Waals surface area contributed by atoms with Crippen LogP contribution in [0.5, 0.6) is 0 Å². The topological polar surface area (TPSA) is 58.1 Å². The van der Waals surface area contributed by atoms with E-state index in [0.717, 1.165) is 39.9 Å². The third-order valence-electron chi connectivity index (χ3n) is 5.94. The fourth-order valence-corrected chi connectivity index (χ4v) is 4.90. The second-order valence-corrected chi connectivity index (χ2v) is 10.7. The summed E-state index contributed by atoms with van der Waals surface area (Å²) >= 11 is 14.0. The summed E-state index contributed by atoms with van der Waals surface area (Å²) in [5.74, 6) is 6.81. The van der Waals surface area contributed by atoms with E-state index in [4.69, 9.17) is 23.2 Å². The molecular weight excluding hydrogens is 511 g/mol. The maximum Gasteiger partial charge on any atom is 0.263 e. The number of carbonyl (C=O) groups excluding carboxylic acids is 1. The van der Waals surface area contributed by atoms with Crippen LogP contribution in [0, 0.1) is 11.8 Å². The molecule has 5 nitrogen and oxygen atoms in total. The first-order valence-corrected chi connectivity index (χ1v) is 13.4. The van der Waals surface area contributed by atoms with E-state index >= 15 is 0 Å². The Morgan fingerprint density at radius 3 is 2.56 bits per heavy atom. The van der Waals surface area contributed by atoms with Gasteiger partial charge in [-0.1, -0.05) is 29.1 Å². The predicted octanol–water partition coefficient (Wildman–Crippen LogP) is 6.80. The molecule has 1 amide bonds. The number of nitrogens with zero attached hydrogens (tertiary/aromatic N) is 3. The average Bonchev–Trinajstić information content (AvgIpc) is 2.90. The smallest absolute Gasteiger partial charge is 0.263 e. The maximum absolute atomic E-state index is 12.6. The van der Waals surface area contributed by atoms with E-state index in [1.807, 2.05) is 54.7 Å². The van der Waals surface area contributed by atoms with Gasteiger partial charge in [0.05, 0.1) is 0 Å². The van der Waals surface area contributed by atoms with Crippen LogP contribution in [-0.4, -0.2) is 33.0 Å². The van der Waals surface area contributed by atoms with Gasteiger partial charge in [-0.3, -0.25) is 4.79 Å². The number of pyridine rings is 2. The number of piperidine rings is 1. The summed E-state index contributed by atoms with van der Waals surface area (Å²) < 4.78 is -1.36. The molecule has 0 radical (unpaired) electrons. The summed E-state index contributed by atoms with van der Waals surface area (Å²) in [5, 5.41) is 5.22. The van der Waals surface area contributed by atoms with Crippen molar-refractivity contribution in [2.45, 2.75) is 22.1 Å². The SMILES string of the molecule is CSc1ccc(Nc2cc3c(C#Cc4ccc(N5CCCC(Cl)(Cl)C5=O)cc4)nccc3cn2)cc1. The number of nitrogens with one attached hydrogen (secondary N) is 1. The van der Waals surface area contributed by atoms with E-state index in [9.17, 15) is 4.79 Å². The number of fused-ring (bicyclic) bond motifs is 1. The van der Waals surface area contributed by atoms with Crippen molar-refractivity contribution in [2.24, 2.45) is 0 Å². The number of benzene rings is 2. The molecule has 3 heterocycles. The number of hydrogen-bond acceptors (Lipinski definition) is 5. The molecule has 5 rings (SSSR count). The zero-order valence-corrected chi connectivity index (χ0v) is 21.8. The van der Waals surface area contributed by atoms with E-state index in [1.165, 1.54) is 4.90 Å². The molecule has 0 spiro atoms. The van der Waals surface area contributed by atoms with Gasteiger partial charge in [-0.15, -0.1) is 11.8 Å². The highest BCUT2D eigenvalue weighted by molar-refractivity contribution is 7.98. The number of hydrogen-bond donors (Lipinski definition) is 1. The highest BCUT2D eigenvalue weighted by atomic mass is 35.5. The van der Waals surface area contributed by atoms with Crippen LogP contribution in [0.15, 0.2) is 78.0 Å². The summed E-state index contributed by atoms with van der Waals surface area (Å²) in [6, 6.07) is 19.6. The Labute approximate surface area is 224 Å². The largest absolute Gasteiger partial charge is 0.340 e. The van der Waals surface area contributed by atoms with Crippen LogP contribution in [-0.2, 0) is 4.79 Å². The second kappa shape index (κ2) is 10.4. The summed E-state index contributed by atoms with van der Waals surface area (Å²) in [7, 11) is 0. The highest BCUT2D eigenvalue weighted by Crippen LogP contribution is 2.35. The fourth-order valence-electron chi connectivity index (χ4n) is 4.02. The monoisotopic (exact) mass is 532 g/mol. The second-order valence-electron chi connectivity index (χ2n) is 8.37. The summed E-state index contributed by atoms with van der Waals surface area (Å²) in [6.07, 6.45) is 6.82. The minimum Gasteiger partial charge on any atom is -0.340 e. The lowest BCUT2D eigenvalue weighted by Crippen LogP contribution is -2.47. The van der Waals surface area contributed by atoms with Gasteiger partial charge in [0.15, 0.2) is 4.33 Å². The number of aromatic nitrogens is 2. The van der Waals surface area contributed by atoms with Gasteiger partial charge in [0.2, 0.25) is 0 Å². The van der Waals surface area contributed by atoms with Gasteiger partial charge in [0.1, 0.15) is 11.5 Å². The third kappa shape index (κ3) is 5.29. The highest BCUT2D eigenvalue weighted by Gasteiger charge is 2.41. The Kier molecular flexibility index (Phi) is 7.06. The van der Waals surface area contributed by atoms with Gasteiger partial charge in [0.25, 0.3) is 5.91 Å². The molecule has 1 N–H and O–H groups in total. The number of halogens is 2. The molecule has 0 unspecified atom stereocenters. The molecule has 4 aromatic rings. The molecule has 36 heavy (non-hydrogen) atoms. The quantitative estimate of drug-likeness (QED) is 0.178. The van der Waals surface area contributed by atoms with E-state index < -0.39 is 4.33 Å². The van der Waals surface area contributed by atoms with Crippen molar-refractivity contribution in [1.29, 1.82) is 0 Å². The molecule has 1 saturated heterocycles. The number of rotatable bonds is 4. The van der Waals surface area contributed by atoms with Crippen LogP contribution in [0.2, 0.25) is 0 Å². The third-order valence-corrected chi connectivity index (χ3v) is 7.39. The van der Waals surface area contributed by atoms with E-state index in [1.54, 1.807) is 22.9 Å². The zero-order valence-electron chi connectivity index (χ0n) is 19.5. The molecule has 0 atom stereocenters. The molecule has 0 bridgehead atoms. The van der Waals surface area contributed by atoms with Crippen LogP contribution in [0.3, 0.4) is 0 Å². The van der Waals surface area contributed by atoms with Crippen LogP contribution in [0.1, 0.15) is 24.1 Å². The predicted molar refractivity (Wildman–Crippen MR) is 149 cm³/mol. The van der Waals surface area contributed by atoms with Crippen molar-refractivity contribution >= 4 is 68.8 Å². The fraction of sp³-hybridized carbons (Fsp3) is 0.179. The van der Waals surface area contributed by atoms with Gasteiger partial charge >= 0.3 is 0 Å². The molecule has 180 valence electrons. The van der Waals surface area contributed by atoms with Crippen molar-refractivity contribution in [3.63, 3.8) is 0 Å². The van der Waals surface area contributed by atoms with Gasteiger partial charge in [-0.25, -0.2) is 9.97 Å². The number of amides is 1. The molecule has 2 aromatic heterocycles. The van der Waals surface area contributed by atoms with Crippen LogP contribution in [0.4, 0.5) is 17.2 Å². The Morgan fingerprint density at radius 1 is 1.03 bits per heavy atom. The maximum atomic E-state index is 12.6. The van der Waals surface area contributed by atoms with Crippen molar-refractivity contribution in [3.05, 3.63) is 84.3 Å². The van der Waals surface area contributed by atoms with Gasteiger partial charge < -0.3 is 10.2 Å². The Balaban J connectivity index is 1.38. The average molecular weight is 533 g/mol. The molecule has 1 aliphatic rings. The molecule has 0 saturated carbocycles. The first kappa shape index (κ1) is 24.5. The lowest BCUT2D eigenvalue weighted by Gasteiger charge is -2.33. The summed E-state index contributed by atoms with van der Waals surface area (Å²) in [6.45, 7) is 0.594.